The van der Waals surface area contributed by atoms with Crippen LogP contribution in [0.2, 0.25) is 0 Å². The Kier molecular flexibility index (Phi) is 2.67. The van der Waals surface area contributed by atoms with Crippen molar-refractivity contribution in [3.05, 3.63) is 36.0 Å². The van der Waals surface area contributed by atoms with Gasteiger partial charge in [0, 0.05) is 11.7 Å². The van der Waals surface area contributed by atoms with E-state index >= 15 is 0 Å². The smallest absolute Gasteiger partial charge is 0.0651 e. The molecule has 0 atom stereocenters. The Morgan fingerprint density at radius 2 is 2.00 bits per heavy atom. The molecule has 17 heavy (non-hydrogen) atoms. The number of aromatic amines is 1. The van der Waals surface area contributed by atoms with Crippen molar-refractivity contribution in [1.82, 2.24) is 4.98 Å². The van der Waals surface area contributed by atoms with E-state index in [-0.39, 0.29) is 5.60 Å². The molecule has 0 unspecified atom stereocenters. The van der Waals surface area contributed by atoms with Crippen LogP contribution in [0, 0.1) is 0 Å². The second kappa shape index (κ2) is 4.19. The van der Waals surface area contributed by atoms with Gasteiger partial charge in [-0.3, -0.25) is 0 Å². The standard InChI is InChI=1S/C15H19NO/c17-15(7-1-2-8-15)9-5-12-3-4-14-13(11-12)6-10-16-14/h3-4,6,10-11,16-17H,1-2,5,7-9H2. The van der Waals surface area contributed by atoms with Crippen LogP contribution in [0.15, 0.2) is 30.5 Å². The minimum absolute atomic E-state index is 0.382. The topological polar surface area (TPSA) is 36.0 Å². The average molecular weight is 229 g/mol. The highest BCUT2D eigenvalue weighted by atomic mass is 16.3. The third-order valence-electron chi connectivity index (χ3n) is 4.03. The summed E-state index contributed by atoms with van der Waals surface area (Å²) in [7, 11) is 0. The third-order valence-corrected chi connectivity index (χ3v) is 4.03. The van der Waals surface area contributed by atoms with Crippen molar-refractivity contribution in [3.63, 3.8) is 0 Å². The van der Waals surface area contributed by atoms with Crippen molar-refractivity contribution >= 4 is 10.9 Å². The molecule has 0 amide bonds. The minimum Gasteiger partial charge on any atom is -0.390 e. The Bertz CT molecular complexity index is 508. The molecule has 3 rings (SSSR count). The normalized spacial score (nSPS) is 18.9. The summed E-state index contributed by atoms with van der Waals surface area (Å²) in [4.78, 5) is 3.20. The van der Waals surface area contributed by atoms with Gasteiger partial charge in [-0.2, -0.15) is 0 Å². The lowest BCUT2D eigenvalue weighted by Gasteiger charge is -2.21. The fraction of sp³-hybridized carbons (Fsp3) is 0.467. The van der Waals surface area contributed by atoms with Gasteiger partial charge in [-0.05, 0) is 54.8 Å². The summed E-state index contributed by atoms with van der Waals surface area (Å²) >= 11 is 0. The van der Waals surface area contributed by atoms with Crippen molar-refractivity contribution in [3.8, 4) is 0 Å². The Balaban J connectivity index is 1.71. The van der Waals surface area contributed by atoms with Crippen LogP contribution < -0.4 is 0 Å². The zero-order chi connectivity index (χ0) is 11.7. The highest BCUT2D eigenvalue weighted by Crippen LogP contribution is 2.33. The molecule has 0 spiro atoms. The van der Waals surface area contributed by atoms with E-state index in [4.69, 9.17) is 0 Å². The van der Waals surface area contributed by atoms with Gasteiger partial charge in [0.25, 0.3) is 0 Å². The maximum atomic E-state index is 10.3. The first-order valence-electron chi connectivity index (χ1n) is 6.54. The molecule has 1 aliphatic rings. The van der Waals surface area contributed by atoms with Crippen LogP contribution in [0.4, 0.5) is 0 Å². The second-order valence-corrected chi connectivity index (χ2v) is 5.33. The quantitative estimate of drug-likeness (QED) is 0.831. The molecule has 1 fully saturated rings. The summed E-state index contributed by atoms with van der Waals surface area (Å²) in [5.74, 6) is 0. The molecule has 1 aromatic heterocycles. The van der Waals surface area contributed by atoms with Crippen LogP contribution in [0.5, 0.6) is 0 Å². The number of aliphatic hydroxyl groups is 1. The lowest BCUT2D eigenvalue weighted by Crippen LogP contribution is -2.24. The van der Waals surface area contributed by atoms with E-state index in [2.05, 4.69) is 29.2 Å². The Morgan fingerprint density at radius 3 is 2.82 bits per heavy atom. The van der Waals surface area contributed by atoms with Crippen LogP contribution >= 0.6 is 0 Å². The molecule has 0 bridgehead atoms. The minimum atomic E-state index is -0.382. The Morgan fingerprint density at radius 1 is 1.18 bits per heavy atom. The molecule has 1 heterocycles. The van der Waals surface area contributed by atoms with E-state index in [1.54, 1.807) is 0 Å². The van der Waals surface area contributed by atoms with E-state index in [9.17, 15) is 5.11 Å². The zero-order valence-corrected chi connectivity index (χ0v) is 10.1. The number of hydrogen-bond acceptors (Lipinski definition) is 1. The maximum absolute atomic E-state index is 10.3. The number of fused-ring (bicyclic) bond motifs is 1. The lowest BCUT2D eigenvalue weighted by atomic mass is 9.93. The first-order chi connectivity index (χ1) is 8.25. The molecule has 2 N–H and O–H groups in total. The van der Waals surface area contributed by atoms with Crippen molar-refractivity contribution in [2.24, 2.45) is 0 Å². The summed E-state index contributed by atoms with van der Waals surface area (Å²) in [6.07, 6.45) is 8.21. The van der Waals surface area contributed by atoms with Gasteiger partial charge in [-0.15, -0.1) is 0 Å². The van der Waals surface area contributed by atoms with Gasteiger partial charge in [0.05, 0.1) is 5.60 Å². The monoisotopic (exact) mass is 229 g/mol. The highest BCUT2D eigenvalue weighted by molar-refractivity contribution is 5.79. The molecular weight excluding hydrogens is 210 g/mol. The second-order valence-electron chi connectivity index (χ2n) is 5.33. The molecule has 2 heteroatoms. The first kappa shape index (κ1) is 10.8. The number of aryl methyl sites for hydroxylation is 1. The first-order valence-corrected chi connectivity index (χ1v) is 6.54. The number of benzene rings is 1. The molecular formula is C15H19NO. The molecule has 0 aliphatic heterocycles. The molecule has 1 aromatic carbocycles. The van der Waals surface area contributed by atoms with Crippen LogP contribution in [0.25, 0.3) is 10.9 Å². The van der Waals surface area contributed by atoms with Crippen molar-refractivity contribution in [2.75, 3.05) is 0 Å². The van der Waals surface area contributed by atoms with Crippen molar-refractivity contribution in [1.29, 1.82) is 0 Å². The van der Waals surface area contributed by atoms with E-state index < -0.39 is 0 Å². The van der Waals surface area contributed by atoms with Gasteiger partial charge in [-0.1, -0.05) is 18.9 Å². The summed E-state index contributed by atoms with van der Waals surface area (Å²) < 4.78 is 0. The molecule has 0 radical (unpaired) electrons. The largest absolute Gasteiger partial charge is 0.390 e. The van der Waals surface area contributed by atoms with Gasteiger partial charge in [-0.25, -0.2) is 0 Å². The lowest BCUT2D eigenvalue weighted by molar-refractivity contribution is 0.0391. The highest BCUT2D eigenvalue weighted by Gasteiger charge is 2.30. The van der Waals surface area contributed by atoms with Crippen LogP contribution in [0.1, 0.15) is 37.7 Å². The Hall–Kier alpha value is -1.28. The SMILES string of the molecule is OC1(CCc2ccc3[nH]ccc3c2)CCCC1. The molecule has 1 aliphatic carbocycles. The zero-order valence-electron chi connectivity index (χ0n) is 10.1. The molecule has 2 aromatic rings. The molecule has 0 saturated heterocycles. The van der Waals surface area contributed by atoms with Crippen molar-refractivity contribution in [2.45, 2.75) is 44.1 Å². The van der Waals surface area contributed by atoms with Gasteiger partial charge in [0.1, 0.15) is 0 Å². The van der Waals surface area contributed by atoms with E-state index in [0.29, 0.717) is 0 Å². The van der Waals surface area contributed by atoms with Crippen LogP contribution in [-0.2, 0) is 6.42 Å². The predicted molar refractivity (Wildman–Crippen MR) is 70.0 cm³/mol. The summed E-state index contributed by atoms with van der Waals surface area (Å²) in [5, 5.41) is 11.6. The molecule has 90 valence electrons. The Labute approximate surface area is 102 Å². The fourth-order valence-corrected chi connectivity index (χ4v) is 2.92. The summed E-state index contributed by atoms with van der Waals surface area (Å²) in [5.41, 5.74) is 2.14. The summed E-state index contributed by atoms with van der Waals surface area (Å²) in [6, 6.07) is 8.62. The van der Waals surface area contributed by atoms with E-state index in [1.807, 2.05) is 6.20 Å². The number of H-pyrrole nitrogens is 1. The van der Waals surface area contributed by atoms with E-state index in [1.165, 1.54) is 29.3 Å². The van der Waals surface area contributed by atoms with Gasteiger partial charge in [0.2, 0.25) is 0 Å². The number of aromatic nitrogens is 1. The number of nitrogens with one attached hydrogen (secondary N) is 1. The third kappa shape index (κ3) is 2.22. The number of rotatable bonds is 3. The summed E-state index contributed by atoms with van der Waals surface area (Å²) in [6.45, 7) is 0. The van der Waals surface area contributed by atoms with Gasteiger partial charge < -0.3 is 10.1 Å². The number of hydrogen-bond donors (Lipinski definition) is 2. The van der Waals surface area contributed by atoms with Gasteiger partial charge in [0.15, 0.2) is 0 Å². The van der Waals surface area contributed by atoms with E-state index in [0.717, 1.165) is 25.7 Å². The average Bonchev–Trinajstić information content (AvgIpc) is 2.95. The molecule has 2 nitrogen and oxygen atoms in total. The van der Waals surface area contributed by atoms with Crippen LogP contribution in [-0.4, -0.2) is 15.7 Å². The maximum Gasteiger partial charge on any atom is 0.0651 e. The van der Waals surface area contributed by atoms with Gasteiger partial charge >= 0.3 is 0 Å². The predicted octanol–water partition coefficient (Wildman–Crippen LogP) is 3.41. The van der Waals surface area contributed by atoms with Crippen molar-refractivity contribution < 1.29 is 5.11 Å². The molecule has 1 saturated carbocycles. The fourth-order valence-electron chi connectivity index (χ4n) is 2.92. The van der Waals surface area contributed by atoms with Crippen LogP contribution in [0.3, 0.4) is 0 Å².